The lowest BCUT2D eigenvalue weighted by molar-refractivity contribution is 0.482. The van der Waals surface area contributed by atoms with Gasteiger partial charge in [-0.2, -0.15) is 4.68 Å². The third kappa shape index (κ3) is 3.81. The van der Waals surface area contributed by atoms with Crippen LogP contribution in [0.15, 0.2) is 70.3 Å². The van der Waals surface area contributed by atoms with Gasteiger partial charge in [-0.15, -0.1) is 5.10 Å². The molecule has 0 saturated carbocycles. The summed E-state index contributed by atoms with van der Waals surface area (Å²) in [6, 6.07) is 17.2. The molecular weight excluding hydrogens is 378 g/mol. The highest BCUT2D eigenvalue weighted by Crippen LogP contribution is 2.32. The Morgan fingerprint density at radius 3 is 2.48 bits per heavy atom. The minimum atomic E-state index is 0.614. The van der Waals surface area contributed by atoms with Gasteiger partial charge in [-0.3, -0.25) is 0 Å². The van der Waals surface area contributed by atoms with E-state index < -0.39 is 0 Å². The van der Waals surface area contributed by atoms with Crippen LogP contribution in [0.4, 0.5) is 0 Å². The van der Waals surface area contributed by atoms with Crippen molar-refractivity contribution < 1.29 is 4.74 Å². The number of aromatic nitrogens is 5. The van der Waals surface area contributed by atoms with Crippen molar-refractivity contribution in [3.63, 3.8) is 0 Å². The second kappa shape index (κ2) is 7.22. The number of hydrogen-bond donors (Lipinski definition) is 0. The van der Waals surface area contributed by atoms with E-state index in [-0.39, 0.29) is 0 Å². The Morgan fingerprint density at radius 1 is 1.00 bits per heavy atom. The van der Waals surface area contributed by atoms with Gasteiger partial charge in [0.25, 0.3) is 0 Å². The number of ether oxygens (including phenoxy) is 1. The first-order chi connectivity index (χ1) is 12.3. The van der Waals surface area contributed by atoms with E-state index in [1.54, 1.807) is 10.9 Å². The Hall–Kier alpha value is -2.42. The SMILES string of the molecule is Clc1cnc(Sc2nnnn2-c2ccc(Oc3ccccc3)cc2)s1. The summed E-state index contributed by atoms with van der Waals surface area (Å²) in [7, 11) is 0. The lowest BCUT2D eigenvalue weighted by atomic mass is 10.3. The molecule has 4 aromatic rings. The number of halogens is 1. The lowest BCUT2D eigenvalue weighted by Gasteiger charge is -2.07. The Labute approximate surface area is 156 Å². The molecule has 124 valence electrons. The fourth-order valence-corrected chi connectivity index (χ4v) is 4.06. The standard InChI is InChI=1S/C16H10ClN5OS2/c17-14-10-18-16(24-14)25-15-19-20-21-22(15)11-6-8-13(9-7-11)23-12-4-2-1-3-5-12/h1-10H. The van der Waals surface area contributed by atoms with Gasteiger partial charge in [0.05, 0.1) is 11.9 Å². The second-order valence-electron chi connectivity index (χ2n) is 4.81. The van der Waals surface area contributed by atoms with Crippen LogP contribution in [-0.2, 0) is 0 Å². The van der Waals surface area contributed by atoms with Crippen molar-refractivity contribution in [2.45, 2.75) is 9.50 Å². The van der Waals surface area contributed by atoms with Gasteiger partial charge in [0.1, 0.15) is 15.8 Å². The molecule has 0 radical (unpaired) electrons. The van der Waals surface area contributed by atoms with Gasteiger partial charge in [-0.05, 0) is 58.6 Å². The van der Waals surface area contributed by atoms with Crippen LogP contribution in [0.2, 0.25) is 4.34 Å². The largest absolute Gasteiger partial charge is 0.457 e. The predicted octanol–water partition coefficient (Wildman–Crippen LogP) is 4.72. The van der Waals surface area contributed by atoms with Crippen molar-refractivity contribution in [2.24, 2.45) is 0 Å². The zero-order valence-electron chi connectivity index (χ0n) is 12.6. The molecule has 0 unspecified atom stereocenters. The highest BCUT2D eigenvalue weighted by atomic mass is 35.5. The highest BCUT2D eigenvalue weighted by Gasteiger charge is 2.12. The Morgan fingerprint density at radius 2 is 1.76 bits per heavy atom. The fraction of sp³-hybridized carbons (Fsp3) is 0. The fourth-order valence-electron chi connectivity index (χ4n) is 2.05. The molecule has 2 aromatic carbocycles. The maximum atomic E-state index is 5.91. The van der Waals surface area contributed by atoms with Crippen molar-refractivity contribution in [3.8, 4) is 17.2 Å². The molecule has 0 bridgehead atoms. The Balaban J connectivity index is 1.53. The first-order valence-electron chi connectivity index (χ1n) is 7.19. The number of benzene rings is 2. The molecule has 0 atom stereocenters. The van der Waals surface area contributed by atoms with Crippen LogP contribution in [-0.4, -0.2) is 25.2 Å². The second-order valence-corrected chi connectivity index (χ2v) is 7.69. The van der Waals surface area contributed by atoms with Crippen molar-refractivity contribution in [1.29, 1.82) is 0 Å². The van der Waals surface area contributed by atoms with Gasteiger partial charge in [0.15, 0.2) is 4.34 Å². The van der Waals surface area contributed by atoms with E-state index in [0.717, 1.165) is 21.5 Å². The number of tetrazole rings is 1. The zero-order chi connectivity index (χ0) is 17.1. The molecule has 0 fully saturated rings. The van der Waals surface area contributed by atoms with E-state index in [2.05, 4.69) is 20.5 Å². The number of thiazole rings is 1. The Kier molecular flexibility index (Phi) is 4.64. The van der Waals surface area contributed by atoms with Gasteiger partial charge in [0.2, 0.25) is 5.16 Å². The minimum absolute atomic E-state index is 0.614. The zero-order valence-corrected chi connectivity index (χ0v) is 15.0. The van der Waals surface area contributed by atoms with Gasteiger partial charge >= 0.3 is 0 Å². The van der Waals surface area contributed by atoms with Crippen LogP contribution >= 0.6 is 34.7 Å². The van der Waals surface area contributed by atoms with Gasteiger partial charge in [0, 0.05) is 0 Å². The first-order valence-corrected chi connectivity index (χ1v) is 9.20. The van der Waals surface area contributed by atoms with E-state index in [0.29, 0.717) is 9.49 Å². The molecule has 0 aliphatic heterocycles. The van der Waals surface area contributed by atoms with Gasteiger partial charge < -0.3 is 4.74 Å². The third-order valence-electron chi connectivity index (χ3n) is 3.14. The molecule has 2 aromatic heterocycles. The molecule has 0 aliphatic rings. The summed E-state index contributed by atoms with van der Waals surface area (Å²) >= 11 is 8.66. The summed E-state index contributed by atoms with van der Waals surface area (Å²) in [6.45, 7) is 0. The van der Waals surface area contributed by atoms with Crippen LogP contribution in [0, 0.1) is 0 Å². The van der Waals surface area contributed by atoms with E-state index in [9.17, 15) is 0 Å². The van der Waals surface area contributed by atoms with Crippen LogP contribution in [0.1, 0.15) is 0 Å². The number of hydrogen-bond acceptors (Lipinski definition) is 7. The quantitative estimate of drug-likeness (QED) is 0.493. The van der Waals surface area contributed by atoms with Crippen LogP contribution in [0.5, 0.6) is 11.5 Å². The molecule has 0 saturated heterocycles. The predicted molar refractivity (Wildman–Crippen MR) is 96.9 cm³/mol. The first kappa shape index (κ1) is 16.1. The summed E-state index contributed by atoms with van der Waals surface area (Å²) < 4.78 is 8.85. The van der Waals surface area contributed by atoms with Crippen LogP contribution in [0.25, 0.3) is 5.69 Å². The van der Waals surface area contributed by atoms with Gasteiger partial charge in [-0.1, -0.05) is 41.1 Å². The van der Waals surface area contributed by atoms with E-state index >= 15 is 0 Å². The molecule has 9 heteroatoms. The smallest absolute Gasteiger partial charge is 0.221 e. The average molecular weight is 388 g/mol. The van der Waals surface area contributed by atoms with Crippen molar-refractivity contribution in [2.75, 3.05) is 0 Å². The third-order valence-corrected chi connectivity index (χ3v) is 5.26. The van der Waals surface area contributed by atoms with E-state index in [1.807, 2.05) is 54.6 Å². The molecule has 6 nitrogen and oxygen atoms in total. The van der Waals surface area contributed by atoms with Gasteiger partial charge in [-0.25, -0.2) is 4.98 Å². The molecule has 2 heterocycles. The molecule has 4 rings (SSSR count). The minimum Gasteiger partial charge on any atom is -0.457 e. The maximum absolute atomic E-state index is 5.91. The maximum Gasteiger partial charge on any atom is 0.221 e. The number of nitrogens with zero attached hydrogens (tertiary/aromatic N) is 5. The summed E-state index contributed by atoms with van der Waals surface area (Å²) in [6.07, 6.45) is 1.61. The summed E-state index contributed by atoms with van der Waals surface area (Å²) in [5.74, 6) is 1.53. The summed E-state index contributed by atoms with van der Waals surface area (Å²) in [5.41, 5.74) is 0.829. The van der Waals surface area contributed by atoms with Crippen molar-refractivity contribution in [3.05, 3.63) is 65.1 Å². The monoisotopic (exact) mass is 387 g/mol. The topological polar surface area (TPSA) is 65.7 Å². The molecular formula is C16H10ClN5OS2. The summed E-state index contributed by atoms with van der Waals surface area (Å²) in [4.78, 5) is 4.21. The highest BCUT2D eigenvalue weighted by molar-refractivity contribution is 8.00. The normalized spacial score (nSPS) is 10.8. The van der Waals surface area contributed by atoms with E-state index in [1.165, 1.54) is 23.1 Å². The van der Waals surface area contributed by atoms with Crippen LogP contribution < -0.4 is 4.74 Å². The van der Waals surface area contributed by atoms with Crippen molar-refractivity contribution >= 4 is 34.7 Å². The molecule has 0 N–H and O–H groups in total. The molecule has 0 aliphatic carbocycles. The molecule has 0 spiro atoms. The number of para-hydroxylation sites is 1. The lowest BCUT2D eigenvalue weighted by Crippen LogP contribution is -1.98. The Bertz CT molecular complexity index is 972. The van der Waals surface area contributed by atoms with Crippen LogP contribution in [0.3, 0.4) is 0 Å². The molecule has 25 heavy (non-hydrogen) atoms. The molecule has 0 amide bonds. The van der Waals surface area contributed by atoms with Crippen molar-refractivity contribution in [1.82, 2.24) is 25.2 Å². The summed E-state index contributed by atoms with van der Waals surface area (Å²) in [5, 5.41) is 12.4. The number of rotatable bonds is 5. The average Bonchev–Trinajstić information content (AvgIpc) is 3.26. The van der Waals surface area contributed by atoms with E-state index in [4.69, 9.17) is 16.3 Å².